The van der Waals surface area contributed by atoms with E-state index < -0.39 is 23.7 Å². The minimum atomic E-state index is -0.808. The number of esters is 1. The van der Waals surface area contributed by atoms with E-state index in [4.69, 9.17) is 9.47 Å². The van der Waals surface area contributed by atoms with Crippen molar-refractivity contribution in [3.05, 3.63) is 95.1 Å². The molecule has 0 bridgehead atoms. The van der Waals surface area contributed by atoms with Crippen LogP contribution in [0.2, 0.25) is 0 Å². The highest BCUT2D eigenvalue weighted by Gasteiger charge is 2.34. The van der Waals surface area contributed by atoms with Gasteiger partial charge in [-0.25, -0.2) is 9.59 Å². The summed E-state index contributed by atoms with van der Waals surface area (Å²) in [6, 6.07) is 23.8. The molecule has 5 nitrogen and oxygen atoms in total. The van der Waals surface area contributed by atoms with Gasteiger partial charge in [-0.05, 0) is 60.1 Å². The summed E-state index contributed by atoms with van der Waals surface area (Å²) in [6.07, 6.45) is -0.200. The van der Waals surface area contributed by atoms with Crippen LogP contribution in [0.5, 0.6) is 0 Å². The predicted octanol–water partition coefficient (Wildman–Crippen LogP) is 6.94. The van der Waals surface area contributed by atoms with Crippen molar-refractivity contribution in [1.82, 2.24) is 4.90 Å². The summed E-state index contributed by atoms with van der Waals surface area (Å²) < 4.78 is 11.5. The van der Waals surface area contributed by atoms with Crippen LogP contribution in [-0.4, -0.2) is 42.3 Å². The molecule has 1 atom stereocenters. The summed E-state index contributed by atoms with van der Waals surface area (Å²) in [7, 11) is 1.61. The molecule has 0 spiro atoms. The number of rotatable bonds is 7. The van der Waals surface area contributed by atoms with Gasteiger partial charge >= 0.3 is 12.1 Å². The number of hydrogen-bond acceptors (Lipinski definition) is 4. The fourth-order valence-corrected chi connectivity index (χ4v) is 4.87. The molecule has 0 radical (unpaired) electrons. The highest BCUT2D eigenvalue weighted by atomic mass is 16.6. The van der Waals surface area contributed by atoms with E-state index in [0.29, 0.717) is 12.3 Å². The Bertz CT molecular complexity index is 1230. The zero-order valence-electron chi connectivity index (χ0n) is 22.7. The average molecular weight is 500 g/mol. The monoisotopic (exact) mass is 499 g/mol. The SMILES string of the molecule is CC(C)c1cccc(CC(C(=O)OC(C)(C)C)N(C)C(=O)OCC2c3ccccc3-c3ccccc32)c1. The fraction of sp³-hybridized carbons (Fsp3) is 0.375. The van der Waals surface area contributed by atoms with E-state index in [-0.39, 0.29) is 12.5 Å². The van der Waals surface area contributed by atoms with E-state index in [0.717, 1.165) is 16.7 Å². The maximum atomic E-state index is 13.3. The lowest BCUT2D eigenvalue weighted by Gasteiger charge is -2.30. The second-order valence-electron chi connectivity index (χ2n) is 11.1. The van der Waals surface area contributed by atoms with Gasteiger partial charge in [-0.1, -0.05) is 86.6 Å². The number of fused-ring (bicyclic) bond motifs is 3. The van der Waals surface area contributed by atoms with Crippen LogP contribution in [0.4, 0.5) is 4.79 Å². The van der Waals surface area contributed by atoms with Crippen LogP contribution >= 0.6 is 0 Å². The molecule has 3 aromatic rings. The van der Waals surface area contributed by atoms with Crippen molar-refractivity contribution in [1.29, 1.82) is 0 Å². The maximum Gasteiger partial charge on any atom is 0.410 e. The van der Waals surface area contributed by atoms with Crippen molar-refractivity contribution in [2.45, 2.75) is 64.5 Å². The Hall–Kier alpha value is -3.60. The Morgan fingerprint density at radius 1 is 0.892 bits per heavy atom. The lowest BCUT2D eigenvalue weighted by molar-refractivity contribution is -0.160. The van der Waals surface area contributed by atoms with E-state index in [9.17, 15) is 9.59 Å². The quantitative estimate of drug-likeness (QED) is 0.330. The molecule has 1 aliphatic carbocycles. The molecule has 37 heavy (non-hydrogen) atoms. The van der Waals surface area contributed by atoms with Crippen LogP contribution in [0.25, 0.3) is 11.1 Å². The number of amides is 1. The first kappa shape index (κ1) is 26.5. The second-order valence-corrected chi connectivity index (χ2v) is 11.1. The molecular formula is C32H37NO4. The molecule has 194 valence electrons. The zero-order valence-corrected chi connectivity index (χ0v) is 22.7. The normalized spacial score (nSPS) is 13.6. The average Bonchev–Trinajstić information content (AvgIpc) is 3.18. The molecule has 0 saturated heterocycles. The third-order valence-electron chi connectivity index (χ3n) is 6.82. The molecule has 0 heterocycles. The molecule has 0 aliphatic heterocycles. The van der Waals surface area contributed by atoms with Gasteiger partial charge in [-0.2, -0.15) is 0 Å². The Morgan fingerprint density at radius 2 is 1.49 bits per heavy atom. The van der Waals surface area contributed by atoms with Crippen LogP contribution in [-0.2, 0) is 20.7 Å². The van der Waals surface area contributed by atoms with E-state index in [1.54, 1.807) is 7.05 Å². The molecule has 0 fully saturated rings. The van der Waals surface area contributed by atoms with Gasteiger partial charge in [-0.15, -0.1) is 0 Å². The Balaban J connectivity index is 1.53. The fourth-order valence-electron chi connectivity index (χ4n) is 4.87. The lowest BCUT2D eigenvalue weighted by Crippen LogP contribution is -2.47. The van der Waals surface area contributed by atoms with Crippen LogP contribution in [0.15, 0.2) is 72.8 Å². The second kappa shape index (κ2) is 10.8. The van der Waals surface area contributed by atoms with Crippen molar-refractivity contribution >= 4 is 12.1 Å². The summed E-state index contributed by atoms with van der Waals surface area (Å²) in [4.78, 5) is 27.9. The summed E-state index contributed by atoms with van der Waals surface area (Å²) in [5.74, 6) is -0.134. The molecule has 0 saturated carbocycles. The van der Waals surface area contributed by atoms with Crippen molar-refractivity contribution in [2.75, 3.05) is 13.7 Å². The number of likely N-dealkylation sites (N-methyl/N-ethyl adjacent to an activating group) is 1. The minimum absolute atomic E-state index is 0.0487. The molecule has 1 unspecified atom stereocenters. The summed E-state index contributed by atoms with van der Waals surface area (Å²) >= 11 is 0. The highest BCUT2D eigenvalue weighted by Crippen LogP contribution is 2.44. The van der Waals surface area contributed by atoms with Crippen molar-refractivity contribution < 1.29 is 19.1 Å². The number of hydrogen-bond donors (Lipinski definition) is 0. The Labute approximate surface area is 220 Å². The van der Waals surface area contributed by atoms with Crippen molar-refractivity contribution in [2.24, 2.45) is 0 Å². The van der Waals surface area contributed by atoms with Gasteiger partial charge < -0.3 is 9.47 Å². The lowest BCUT2D eigenvalue weighted by atomic mass is 9.97. The van der Waals surface area contributed by atoms with Gasteiger partial charge in [0.25, 0.3) is 0 Å². The predicted molar refractivity (Wildman–Crippen MR) is 147 cm³/mol. The minimum Gasteiger partial charge on any atom is -0.458 e. The van der Waals surface area contributed by atoms with Crippen molar-refractivity contribution in [3.63, 3.8) is 0 Å². The molecule has 0 N–H and O–H groups in total. The first-order chi connectivity index (χ1) is 17.5. The number of nitrogens with zero attached hydrogens (tertiary/aromatic N) is 1. The molecule has 3 aromatic carbocycles. The Morgan fingerprint density at radius 3 is 2.05 bits per heavy atom. The molecule has 1 amide bonds. The van der Waals surface area contributed by atoms with Crippen molar-refractivity contribution in [3.8, 4) is 11.1 Å². The summed E-state index contributed by atoms with van der Waals surface area (Å²) in [6.45, 7) is 9.94. The maximum absolute atomic E-state index is 13.3. The smallest absolute Gasteiger partial charge is 0.410 e. The molecule has 0 aromatic heterocycles. The van der Waals surface area contributed by atoms with Gasteiger partial charge in [-0.3, -0.25) is 4.90 Å². The first-order valence-electron chi connectivity index (χ1n) is 12.9. The molecule has 4 rings (SSSR count). The first-order valence-corrected chi connectivity index (χ1v) is 12.9. The summed E-state index contributed by atoms with van der Waals surface area (Å²) in [5, 5.41) is 0. The number of benzene rings is 3. The van der Waals surface area contributed by atoms with E-state index in [2.05, 4.69) is 50.2 Å². The van der Waals surface area contributed by atoms with Gasteiger partial charge in [0.05, 0.1) is 0 Å². The van der Waals surface area contributed by atoms with Gasteiger partial charge in [0, 0.05) is 19.4 Å². The van der Waals surface area contributed by atoms with E-state index in [1.807, 2.05) is 57.2 Å². The van der Waals surface area contributed by atoms with Crippen LogP contribution in [0, 0.1) is 0 Å². The van der Waals surface area contributed by atoms with Crippen LogP contribution in [0.3, 0.4) is 0 Å². The topological polar surface area (TPSA) is 55.8 Å². The number of ether oxygens (including phenoxy) is 2. The third kappa shape index (κ3) is 6.04. The molecule has 1 aliphatic rings. The largest absolute Gasteiger partial charge is 0.458 e. The Kier molecular flexibility index (Phi) is 7.72. The van der Waals surface area contributed by atoms with Gasteiger partial charge in [0.2, 0.25) is 0 Å². The molecular weight excluding hydrogens is 462 g/mol. The van der Waals surface area contributed by atoms with Crippen LogP contribution < -0.4 is 0 Å². The van der Waals surface area contributed by atoms with Gasteiger partial charge in [0.15, 0.2) is 0 Å². The third-order valence-corrected chi connectivity index (χ3v) is 6.82. The summed E-state index contributed by atoms with van der Waals surface area (Å²) in [5.41, 5.74) is 6.12. The zero-order chi connectivity index (χ0) is 26.7. The van der Waals surface area contributed by atoms with Crippen LogP contribution in [0.1, 0.15) is 68.7 Å². The molecule has 5 heteroatoms. The van der Waals surface area contributed by atoms with Gasteiger partial charge in [0.1, 0.15) is 18.2 Å². The number of carbonyl (C=O) groups excluding carboxylic acids is 2. The van der Waals surface area contributed by atoms with E-state index >= 15 is 0 Å². The van der Waals surface area contributed by atoms with E-state index in [1.165, 1.54) is 21.6 Å². The highest BCUT2D eigenvalue weighted by molar-refractivity contribution is 5.82. The number of carbonyl (C=O) groups is 2. The standard InChI is InChI=1S/C32H37NO4/c1-21(2)23-13-11-12-22(18-23)19-29(30(34)37-32(3,4)5)33(6)31(35)36-20-28-26-16-9-7-14-24(26)25-15-8-10-17-27(25)28/h7-18,21,28-29H,19-20H2,1-6H3.